The van der Waals surface area contributed by atoms with Crippen LogP contribution in [0.25, 0.3) is 22.6 Å². The Bertz CT molecular complexity index is 591. The average Bonchev–Trinajstić information content (AvgIpc) is 2.72. The van der Waals surface area contributed by atoms with Crippen molar-refractivity contribution in [3.63, 3.8) is 0 Å². The largest absolute Gasteiger partial charge is 0.418 e. The first-order chi connectivity index (χ1) is 7.38. The topological polar surface area (TPSA) is 103 Å². The van der Waals surface area contributed by atoms with Crippen LogP contribution in [0.3, 0.4) is 0 Å². The normalized spacial score (nSPS) is 11.0. The quantitative estimate of drug-likeness (QED) is 0.435. The number of fused-ring (bicyclic) bond motifs is 2. The van der Waals surface area contributed by atoms with E-state index in [0.717, 1.165) is 5.56 Å². The van der Waals surface area contributed by atoms with Crippen molar-refractivity contribution in [3.05, 3.63) is 18.6 Å². The summed E-state index contributed by atoms with van der Waals surface area (Å²) in [5.74, 6) is 6.28. The number of hydrogen-bond acceptors (Lipinski definition) is 7. The van der Waals surface area contributed by atoms with Gasteiger partial charge in [0.25, 0.3) is 0 Å². The molecule has 15 heavy (non-hydrogen) atoms. The molecule has 0 radical (unpaired) electrons. The van der Waals surface area contributed by atoms with Crippen LogP contribution in [0.1, 0.15) is 0 Å². The molecular formula is C8H6N6O. The maximum Gasteiger partial charge on any atom is 0.249 e. The predicted octanol–water partition coefficient (Wildman–Crippen LogP) is 0.403. The van der Waals surface area contributed by atoms with Crippen LogP contribution in [0.4, 0.5) is 5.82 Å². The summed E-state index contributed by atoms with van der Waals surface area (Å²) in [6, 6.07) is 1.82. The molecule has 0 atom stereocenters. The van der Waals surface area contributed by atoms with Gasteiger partial charge in [0.05, 0.1) is 17.1 Å². The summed E-state index contributed by atoms with van der Waals surface area (Å²) in [6.07, 6.45) is 2.97. The summed E-state index contributed by atoms with van der Waals surface area (Å²) in [6.45, 7) is 0. The Hall–Kier alpha value is -2.28. The lowest BCUT2D eigenvalue weighted by atomic mass is 10.2. The highest BCUT2D eigenvalue weighted by Gasteiger charge is 2.13. The highest BCUT2D eigenvalue weighted by Crippen LogP contribution is 2.27. The molecule has 0 spiro atoms. The molecule has 3 heterocycles. The number of nitrogens with two attached hydrogens (primary N) is 1. The van der Waals surface area contributed by atoms with Crippen LogP contribution < -0.4 is 11.3 Å². The van der Waals surface area contributed by atoms with E-state index in [2.05, 4.69) is 25.6 Å². The molecule has 0 aromatic carbocycles. The summed E-state index contributed by atoms with van der Waals surface area (Å²) in [7, 11) is 0. The van der Waals surface area contributed by atoms with E-state index in [1.165, 1.54) is 6.33 Å². The van der Waals surface area contributed by atoms with Crippen molar-refractivity contribution in [3.8, 4) is 11.5 Å². The minimum atomic E-state index is 0.422. The first kappa shape index (κ1) is 8.06. The fourth-order valence-electron chi connectivity index (χ4n) is 1.39. The Morgan fingerprint density at radius 1 is 1.33 bits per heavy atom. The maximum atomic E-state index is 5.41. The van der Waals surface area contributed by atoms with E-state index in [9.17, 15) is 0 Å². The van der Waals surface area contributed by atoms with Crippen LogP contribution in [0, 0.1) is 0 Å². The van der Waals surface area contributed by atoms with E-state index in [4.69, 9.17) is 10.3 Å². The van der Waals surface area contributed by atoms with E-state index in [0.29, 0.717) is 22.8 Å². The van der Waals surface area contributed by atoms with Gasteiger partial charge in [-0.25, -0.2) is 15.8 Å². The average molecular weight is 202 g/mol. The number of anilines is 1. The molecule has 0 unspecified atom stereocenters. The molecule has 0 aliphatic carbocycles. The van der Waals surface area contributed by atoms with Gasteiger partial charge < -0.3 is 9.84 Å². The van der Waals surface area contributed by atoms with Gasteiger partial charge in [-0.1, -0.05) is 0 Å². The summed E-state index contributed by atoms with van der Waals surface area (Å²) in [5, 5.41) is 8.23. The van der Waals surface area contributed by atoms with Crippen molar-refractivity contribution in [2.45, 2.75) is 0 Å². The summed E-state index contributed by atoms with van der Waals surface area (Å²) in [4.78, 5) is 7.95. The second-order valence-corrected chi connectivity index (χ2v) is 2.94. The highest BCUT2D eigenvalue weighted by atomic mass is 16.4. The molecule has 7 nitrogen and oxygen atoms in total. The molecule has 1 aromatic heterocycles. The zero-order valence-corrected chi connectivity index (χ0v) is 7.51. The Morgan fingerprint density at radius 3 is 3.13 bits per heavy atom. The lowest BCUT2D eigenvalue weighted by Crippen LogP contribution is -2.09. The predicted molar refractivity (Wildman–Crippen MR) is 51.8 cm³/mol. The third-order valence-electron chi connectivity index (χ3n) is 2.07. The van der Waals surface area contributed by atoms with Crippen LogP contribution in [0.5, 0.6) is 0 Å². The van der Waals surface area contributed by atoms with E-state index < -0.39 is 0 Å². The van der Waals surface area contributed by atoms with Crippen LogP contribution >= 0.6 is 0 Å². The first-order valence-electron chi connectivity index (χ1n) is 4.21. The third-order valence-corrected chi connectivity index (χ3v) is 2.07. The SMILES string of the molecule is NNc1ncnc2oc3nncc-3cc12. The van der Waals surface area contributed by atoms with Gasteiger partial charge >= 0.3 is 0 Å². The van der Waals surface area contributed by atoms with Crippen molar-refractivity contribution in [1.29, 1.82) is 0 Å². The molecule has 3 N–H and O–H groups in total. The lowest BCUT2D eigenvalue weighted by molar-refractivity contribution is 0.584. The van der Waals surface area contributed by atoms with E-state index in [-0.39, 0.29) is 0 Å². The smallest absolute Gasteiger partial charge is 0.249 e. The molecule has 0 bridgehead atoms. The fraction of sp³-hybridized carbons (Fsp3) is 0. The van der Waals surface area contributed by atoms with E-state index in [1.54, 1.807) is 6.20 Å². The number of aromatic nitrogens is 4. The summed E-state index contributed by atoms with van der Waals surface area (Å²) >= 11 is 0. The van der Waals surface area contributed by atoms with Crippen molar-refractivity contribution in [1.82, 2.24) is 20.2 Å². The minimum Gasteiger partial charge on any atom is -0.418 e. The molecule has 3 rings (SSSR count). The van der Waals surface area contributed by atoms with Crippen LogP contribution in [-0.2, 0) is 0 Å². The first-order valence-corrected chi connectivity index (χ1v) is 4.21. The van der Waals surface area contributed by atoms with Gasteiger partial charge in [0.15, 0.2) is 5.82 Å². The van der Waals surface area contributed by atoms with Crippen molar-refractivity contribution >= 4 is 16.9 Å². The third kappa shape index (κ3) is 1.10. The van der Waals surface area contributed by atoms with Crippen molar-refractivity contribution < 1.29 is 4.42 Å². The van der Waals surface area contributed by atoms with Gasteiger partial charge in [0.2, 0.25) is 11.6 Å². The Labute approximate surface area is 83.7 Å². The molecule has 74 valence electrons. The van der Waals surface area contributed by atoms with E-state index >= 15 is 0 Å². The maximum absolute atomic E-state index is 5.41. The summed E-state index contributed by atoms with van der Waals surface area (Å²) < 4.78 is 5.41. The summed E-state index contributed by atoms with van der Waals surface area (Å²) in [5.41, 5.74) is 3.68. The fourth-order valence-corrected chi connectivity index (χ4v) is 1.39. The van der Waals surface area contributed by atoms with Gasteiger partial charge in [-0.2, -0.15) is 5.10 Å². The number of hydrogen-bond donors (Lipinski definition) is 2. The number of hydrazine groups is 1. The molecule has 1 aromatic rings. The van der Waals surface area contributed by atoms with Gasteiger partial charge in [-0.15, -0.1) is 5.10 Å². The molecule has 2 aliphatic rings. The molecular weight excluding hydrogens is 196 g/mol. The van der Waals surface area contributed by atoms with Gasteiger partial charge in [0, 0.05) is 0 Å². The lowest BCUT2D eigenvalue weighted by Gasteiger charge is -2.03. The highest BCUT2D eigenvalue weighted by molar-refractivity contribution is 5.88. The molecule has 0 saturated carbocycles. The van der Waals surface area contributed by atoms with Gasteiger partial charge in [-0.3, -0.25) is 0 Å². The molecule has 7 heteroatoms. The number of nitrogens with zero attached hydrogens (tertiary/aromatic N) is 4. The van der Waals surface area contributed by atoms with Gasteiger partial charge in [0.1, 0.15) is 6.33 Å². The van der Waals surface area contributed by atoms with Crippen LogP contribution in [-0.4, -0.2) is 20.2 Å². The van der Waals surface area contributed by atoms with Crippen LogP contribution in [0.15, 0.2) is 23.0 Å². The Morgan fingerprint density at radius 2 is 2.27 bits per heavy atom. The molecule has 0 saturated heterocycles. The standard InChI is InChI=1S/C8H6N6O/c9-13-6-5-1-4-2-12-14-7(4)15-8(5)11-3-10-6/h1-3H,9H2,(H,10,11,13). The van der Waals surface area contributed by atoms with Gasteiger partial charge in [-0.05, 0) is 6.07 Å². The molecule has 2 aliphatic heterocycles. The monoisotopic (exact) mass is 202 g/mol. The zero-order chi connectivity index (χ0) is 10.3. The number of rotatable bonds is 1. The Balaban J connectivity index is 2.45. The second kappa shape index (κ2) is 2.85. The molecule has 0 amide bonds. The second-order valence-electron chi connectivity index (χ2n) is 2.94. The molecule has 0 fully saturated rings. The minimum absolute atomic E-state index is 0.422. The van der Waals surface area contributed by atoms with E-state index in [1.807, 2.05) is 6.07 Å². The Kier molecular flexibility index (Phi) is 1.53. The van der Waals surface area contributed by atoms with Crippen molar-refractivity contribution in [2.24, 2.45) is 5.84 Å². The number of nitrogens with one attached hydrogen (secondary N) is 1. The zero-order valence-electron chi connectivity index (χ0n) is 7.51. The van der Waals surface area contributed by atoms with Crippen molar-refractivity contribution in [2.75, 3.05) is 5.43 Å². The van der Waals surface area contributed by atoms with Crippen LogP contribution in [0.2, 0.25) is 0 Å². The number of nitrogen functional groups attached to an aromatic ring is 1.